The van der Waals surface area contributed by atoms with Crippen LogP contribution in [-0.2, 0) is 4.79 Å². The first-order valence-corrected chi connectivity index (χ1v) is 9.15. The Hall–Kier alpha value is -0.820. The zero-order chi connectivity index (χ0) is 17.6. The lowest BCUT2D eigenvalue weighted by Crippen LogP contribution is -2.38. The van der Waals surface area contributed by atoms with E-state index in [0.717, 1.165) is 38.8 Å². The van der Waals surface area contributed by atoms with Crippen molar-refractivity contribution in [2.24, 2.45) is 11.8 Å². The molecule has 2 aliphatic rings. The molecule has 2 rings (SSSR count). The SMILES string of the molecule is CCN(CC1CCN(C(=O)CCC2CCNCC2)C1)CC(F)(F)F. The largest absolute Gasteiger partial charge is 0.401 e. The maximum atomic E-state index is 12.5. The van der Waals surface area contributed by atoms with E-state index in [2.05, 4.69) is 5.32 Å². The highest BCUT2D eigenvalue weighted by Gasteiger charge is 2.33. The summed E-state index contributed by atoms with van der Waals surface area (Å²) in [6.45, 7) is 5.09. The van der Waals surface area contributed by atoms with Gasteiger partial charge in [0, 0.05) is 26.1 Å². The van der Waals surface area contributed by atoms with E-state index in [1.54, 1.807) is 6.92 Å². The third-order valence-corrected chi connectivity index (χ3v) is 5.23. The summed E-state index contributed by atoms with van der Waals surface area (Å²) >= 11 is 0. The van der Waals surface area contributed by atoms with E-state index in [9.17, 15) is 18.0 Å². The quantitative estimate of drug-likeness (QED) is 0.767. The fourth-order valence-corrected chi connectivity index (χ4v) is 3.79. The third kappa shape index (κ3) is 6.59. The van der Waals surface area contributed by atoms with Crippen LogP contribution in [0.15, 0.2) is 0 Å². The van der Waals surface area contributed by atoms with Crippen LogP contribution in [0.2, 0.25) is 0 Å². The molecule has 0 saturated carbocycles. The number of nitrogens with one attached hydrogen (secondary N) is 1. The molecule has 0 bridgehead atoms. The molecule has 1 N–H and O–H groups in total. The normalized spacial score (nSPS) is 23.2. The molecular formula is C17H30F3N3O. The van der Waals surface area contributed by atoms with Crippen LogP contribution in [0, 0.1) is 11.8 Å². The molecule has 140 valence electrons. The topological polar surface area (TPSA) is 35.6 Å². The summed E-state index contributed by atoms with van der Waals surface area (Å²) in [7, 11) is 0. The fraction of sp³-hybridized carbons (Fsp3) is 0.941. The number of carbonyl (C=O) groups excluding carboxylic acids is 1. The second-order valence-electron chi connectivity index (χ2n) is 7.17. The first kappa shape index (κ1) is 19.5. The van der Waals surface area contributed by atoms with E-state index in [1.165, 1.54) is 4.90 Å². The van der Waals surface area contributed by atoms with Crippen LogP contribution >= 0.6 is 0 Å². The van der Waals surface area contributed by atoms with Gasteiger partial charge >= 0.3 is 6.18 Å². The van der Waals surface area contributed by atoms with Crippen molar-refractivity contribution < 1.29 is 18.0 Å². The lowest BCUT2D eigenvalue weighted by atomic mass is 9.93. The highest BCUT2D eigenvalue weighted by molar-refractivity contribution is 5.76. The van der Waals surface area contributed by atoms with Gasteiger partial charge in [-0.1, -0.05) is 6.92 Å². The number of piperidine rings is 1. The van der Waals surface area contributed by atoms with Gasteiger partial charge in [0.15, 0.2) is 0 Å². The molecule has 0 radical (unpaired) electrons. The Balaban J connectivity index is 1.70. The smallest absolute Gasteiger partial charge is 0.342 e. The van der Waals surface area contributed by atoms with Crippen LogP contribution in [0.1, 0.15) is 39.0 Å². The lowest BCUT2D eigenvalue weighted by Gasteiger charge is -2.25. The van der Waals surface area contributed by atoms with Crippen LogP contribution in [0.5, 0.6) is 0 Å². The van der Waals surface area contributed by atoms with Gasteiger partial charge in [0.1, 0.15) is 0 Å². The molecule has 7 heteroatoms. The number of rotatable bonds is 7. The summed E-state index contributed by atoms with van der Waals surface area (Å²) in [5, 5.41) is 3.32. The molecule has 4 nitrogen and oxygen atoms in total. The number of hydrogen-bond acceptors (Lipinski definition) is 3. The monoisotopic (exact) mass is 349 g/mol. The van der Waals surface area contributed by atoms with E-state index >= 15 is 0 Å². The van der Waals surface area contributed by atoms with Gasteiger partial charge in [0.2, 0.25) is 5.91 Å². The van der Waals surface area contributed by atoms with Crippen molar-refractivity contribution in [1.29, 1.82) is 0 Å². The van der Waals surface area contributed by atoms with E-state index in [-0.39, 0.29) is 11.8 Å². The van der Waals surface area contributed by atoms with Gasteiger partial charge in [-0.2, -0.15) is 13.2 Å². The Kier molecular flexibility index (Phi) is 7.34. The first-order chi connectivity index (χ1) is 11.4. The summed E-state index contributed by atoms with van der Waals surface area (Å²) in [6.07, 6.45) is 0.457. The molecule has 0 aromatic rings. The summed E-state index contributed by atoms with van der Waals surface area (Å²) < 4.78 is 37.6. The van der Waals surface area contributed by atoms with E-state index < -0.39 is 12.7 Å². The molecule has 2 heterocycles. The number of likely N-dealkylation sites (tertiary alicyclic amines) is 1. The second kappa shape index (κ2) is 9.04. The Morgan fingerprint density at radius 2 is 1.92 bits per heavy atom. The highest BCUT2D eigenvalue weighted by atomic mass is 19.4. The van der Waals surface area contributed by atoms with Gasteiger partial charge in [-0.05, 0) is 57.2 Å². The van der Waals surface area contributed by atoms with Gasteiger partial charge < -0.3 is 10.2 Å². The van der Waals surface area contributed by atoms with E-state index in [4.69, 9.17) is 0 Å². The minimum Gasteiger partial charge on any atom is -0.342 e. The predicted octanol–water partition coefficient (Wildman–Crippen LogP) is 2.50. The zero-order valence-electron chi connectivity index (χ0n) is 14.6. The van der Waals surface area contributed by atoms with Crippen LogP contribution in [-0.4, -0.2) is 67.7 Å². The van der Waals surface area contributed by atoms with Crippen molar-refractivity contribution in [3.05, 3.63) is 0 Å². The molecule has 0 aliphatic carbocycles. The van der Waals surface area contributed by atoms with Crippen LogP contribution in [0.25, 0.3) is 0 Å². The molecule has 0 spiro atoms. The van der Waals surface area contributed by atoms with Crippen molar-refractivity contribution in [3.8, 4) is 0 Å². The minimum atomic E-state index is -4.15. The Labute approximate surface area is 142 Å². The summed E-state index contributed by atoms with van der Waals surface area (Å²) in [6, 6.07) is 0. The molecule has 1 amide bonds. The number of halogens is 3. The van der Waals surface area contributed by atoms with Gasteiger partial charge in [-0.3, -0.25) is 9.69 Å². The second-order valence-corrected chi connectivity index (χ2v) is 7.17. The van der Waals surface area contributed by atoms with Crippen molar-refractivity contribution in [3.63, 3.8) is 0 Å². The minimum absolute atomic E-state index is 0.162. The molecule has 1 unspecified atom stereocenters. The van der Waals surface area contributed by atoms with Crippen LogP contribution in [0.3, 0.4) is 0 Å². The molecule has 1 atom stereocenters. The van der Waals surface area contributed by atoms with Crippen LogP contribution in [0.4, 0.5) is 13.2 Å². The third-order valence-electron chi connectivity index (χ3n) is 5.23. The van der Waals surface area contributed by atoms with Crippen LogP contribution < -0.4 is 5.32 Å². The summed E-state index contributed by atoms with van der Waals surface area (Å²) in [5.41, 5.74) is 0. The zero-order valence-corrected chi connectivity index (χ0v) is 14.6. The molecule has 2 saturated heterocycles. The maximum absolute atomic E-state index is 12.5. The molecule has 2 aliphatic heterocycles. The first-order valence-electron chi connectivity index (χ1n) is 9.15. The summed E-state index contributed by atoms with van der Waals surface area (Å²) in [5.74, 6) is 0.973. The Morgan fingerprint density at radius 3 is 2.54 bits per heavy atom. The number of hydrogen-bond donors (Lipinski definition) is 1. The fourth-order valence-electron chi connectivity index (χ4n) is 3.79. The van der Waals surface area contributed by atoms with Gasteiger partial charge in [-0.15, -0.1) is 0 Å². The van der Waals surface area contributed by atoms with Crippen molar-refractivity contribution in [2.75, 3.05) is 45.8 Å². The molecule has 0 aromatic carbocycles. The summed E-state index contributed by atoms with van der Waals surface area (Å²) in [4.78, 5) is 15.6. The van der Waals surface area contributed by atoms with Crippen molar-refractivity contribution >= 4 is 5.91 Å². The molecular weight excluding hydrogens is 319 g/mol. The molecule has 0 aromatic heterocycles. The number of carbonyl (C=O) groups is 1. The highest BCUT2D eigenvalue weighted by Crippen LogP contribution is 2.23. The molecule has 24 heavy (non-hydrogen) atoms. The number of alkyl halides is 3. The lowest BCUT2D eigenvalue weighted by molar-refractivity contribution is -0.146. The predicted molar refractivity (Wildman–Crippen MR) is 87.7 cm³/mol. The van der Waals surface area contributed by atoms with E-state index in [1.807, 2.05) is 4.90 Å². The van der Waals surface area contributed by atoms with Gasteiger partial charge in [0.05, 0.1) is 6.54 Å². The van der Waals surface area contributed by atoms with Gasteiger partial charge in [-0.25, -0.2) is 0 Å². The van der Waals surface area contributed by atoms with Crippen molar-refractivity contribution in [1.82, 2.24) is 15.1 Å². The van der Waals surface area contributed by atoms with E-state index in [0.29, 0.717) is 38.5 Å². The van der Waals surface area contributed by atoms with Gasteiger partial charge in [0.25, 0.3) is 0 Å². The maximum Gasteiger partial charge on any atom is 0.401 e. The Bertz CT molecular complexity index is 397. The Morgan fingerprint density at radius 1 is 1.21 bits per heavy atom. The number of nitrogens with zero attached hydrogens (tertiary/aromatic N) is 2. The standard InChI is InChI=1S/C17H30F3N3O/c1-2-22(13-17(18,19)20)11-15-7-10-23(12-15)16(24)4-3-14-5-8-21-9-6-14/h14-15,21H,2-13H2,1H3. The average molecular weight is 349 g/mol. The number of amides is 1. The molecule has 2 fully saturated rings. The van der Waals surface area contributed by atoms with Crippen molar-refractivity contribution in [2.45, 2.75) is 45.2 Å². The average Bonchev–Trinajstić information content (AvgIpc) is 3.00.